The number of pyridine rings is 1. The molecular weight excluding hydrogens is 264 g/mol. The number of benzene rings is 1. The van der Waals surface area contributed by atoms with Crippen molar-refractivity contribution in [3.63, 3.8) is 0 Å². The Bertz CT molecular complexity index is 494. The number of para-hydroxylation sites is 1. The van der Waals surface area contributed by atoms with Gasteiger partial charge in [0, 0.05) is 18.0 Å². The van der Waals surface area contributed by atoms with Gasteiger partial charge in [-0.05, 0) is 33.6 Å². The van der Waals surface area contributed by atoms with E-state index >= 15 is 0 Å². The highest BCUT2D eigenvalue weighted by atomic mass is 79.9. The minimum atomic E-state index is 0.485. The molecule has 84 valence electrons. The molecular formula is C13H15BrN2. The van der Waals surface area contributed by atoms with E-state index in [0.29, 0.717) is 6.04 Å². The van der Waals surface area contributed by atoms with Gasteiger partial charge in [0.25, 0.3) is 0 Å². The highest BCUT2D eigenvalue weighted by molar-refractivity contribution is 9.10. The largest absolute Gasteiger partial charge is 0.310 e. The van der Waals surface area contributed by atoms with Gasteiger partial charge in [-0.1, -0.05) is 32.0 Å². The molecule has 0 saturated heterocycles. The van der Waals surface area contributed by atoms with Crippen LogP contribution in [0.15, 0.2) is 34.9 Å². The zero-order chi connectivity index (χ0) is 11.5. The Balaban J connectivity index is 2.34. The summed E-state index contributed by atoms with van der Waals surface area (Å²) in [4.78, 5) is 4.53. The van der Waals surface area contributed by atoms with Crippen LogP contribution in [0, 0.1) is 0 Å². The lowest BCUT2D eigenvalue weighted by molar-refractivity contribution is 0.587. The van der Waals surface area contributed by atoms with Crippen LogP contribution in [0.1, 0.15) is 19.4 Å². The van der Waals surface area contributed by atoms with Crippen molar-refractivity contribution in [1.29, 1.82) is 0 Å². The van der Waals surface area contributed by atoms with E-state index in [1.807, 2.05) is 18.2 Å². The Morgan fingerprint density at radius 3 is 2.81 bits per heavy atom. The normalized spacial score (nSPS) is 11.2. The molecule has 0 aliphatic heterocycles. The van der Waals surface area contributed by atoms with Crippen LogP contribution in [-0.4, -0.2) is 11.0 Å². The van der Waals surface area contributed by atoms with Crippen LogP contribution in [0.3, 0.4) is 0 Å². The summed E-state index contributed by atoms with van der Waals surface area (Å²) < 4.78 is 0.930. The smallest absolute Gasteiger partial charge is 0.111 e. The summed E-state index contributed by atoms with van der Waals surface area (Å²) in [5.41, 5.74) is 2.23. The molecule has 0 amide bonds. The quantitative estimate of drug-likeness (QED) is 0.870. The van der Waals surface area contributed by atoms with E-state index < -0.39 is 0 Å². The Labute approximate surface area is 104 Å². The lowest BCUT2D eigenvalue weighted by Gasteiger charge is -2.10. The Hall–Kier alpha value is -0.930. The van der Waals surface area contributed by atoms with Crippen molar-refractivity contribution in [3.8, 4) is 0 Å². The molecule has 0 unspecified atom stereocenters. The van der Waals surface area contributed by atoms with Gasteiger partial charge >= 0.3 is 0 Å². The summed E-state index contributed by atoms with van der Waals surface area (Å²) in [6, 6.07) is 10.8. The summed E-state index contributed by atoms with van der Waals surface area (Å²) in [7, 11) is 0. The highest BCUT2D eigenvalue weighted by Gasteiger charge is 2.04. The SMILES string of the molecule is CC(C)NCc1cc2ccccc2nc1Br. The van der Waals surface area contributed by atoms with Gasteiger partial charge in [0.05, 0.1) is 5.52 Å². The number of fused-ring (bicyclic) bond motifs is 1. The fourth-order valence-electron chi connectivity index (χ4n) is 1.57. The summed E-state index contributed by atoms with van der Waals surface area (Å²) in [5, 5.41) is 4.58. The van der Waals surface area contributed by atoms with E-state index in [1.165, 1.54) is 10.9 Å². The van der Waals surface area contributed by atoms with Crippen LogP contribution in [0.25, 0.3) is 10.9 Å². The molecule has 0 fully saturated rings. The first kappa shape index (κ1) is 11.6. The Morgan fingerprint density at radius 2 is 2.06 bits per heavy atom. The average Bonchev–Trinajstić information content (AvgIpc) is 2.26. The van der Waals surface area contributed by atoms with Crippen molar-refractivity contribution in [2.75, 3.05) is 0 Å². The molecule has 0 aliphatic carbocycles. The second kappa shape index (κ2) is 4.93. The molecule has 0 aliphatic rings. The highest BCUT2D eigenvalue weighted by Crippen LogP contribution is 2.20. The summed E-state index contributed by atoms with van der Waals surface area (Å²) in [5.74, 6) is 0. The van der Waals surface area contributed by atoms with E-state index in [1.54, 1.807) is 0 Å². The second-order valence-corrected chi connectivity index (χ2v) is 4.92. The molecule has 2 nitrogen and oxygen atoms in total. The van der Waals surface area contributed by atoms with Gasteiger partial charge in [-0.15, -0.1) is 0 Å². The van der Waals surface area contributed by atoms with Crippen LogP contribution in [0.2, 0.25) is 0 Å². The van der Waals surface area contributed by atoms with Crippen molar-refractivity contribution in [1.82, 2.24) is 10.3 Å². The zero-order valence-electron chi connectivity index (χ0n) is 9.50. The van der Waals surface area contributed by atoms with Gasteiger partial charge < -0.3 is 5.32 Å². The van der Waals surface area contributed by atoms with Crippen molar-refractivity contribution in [3.05, 3.63) is 40.5 Å². The first-order valence-electron chi connectivity index (χ1n) is 5.44. The van der Waals surface area contributed by atoms with Gasteiger partial charge in [-0.3, -0.25) is 0 Å². The summed E-state index contributed by atoms with van der Waals surface area (Å²) in [6.45, 7) is 5.13. The maximum absolute atomic E-state index is 4.53. The van der Waals surface area contributed by atoms with Gasteiger partial charge in [0.15, 0.2) is 0 Å². The predicted molar refractivity (Wildman–Crippen MR) is 71.4 cm³/mol. The molecule has 0 radical (unpaired) electrons. The van der Waals surface area contributed by atoms with E-state index in [9.17, 15) is 0 Å². The van der Waals surface area contributed by atoms with Crippen molar-refractivity contribution >= 4 is 26.8 Å². The van der Waals surface area contributed by atoms with Gasteiger partial charge in [0.1, 0.15) is 4.60 Å². The van der Waals surface area contributed by atoms with Crippen LogP contribution in [0.5, 0.6) is 0 Å². The predicted octanol–water partition coefficient (Wildman–Crippen LogP) is 3.50. The molecule has 1 N–H and O–H groups in total. The molecule has 2 aromatic rings. The Morgan fingerprint density at radius 1 is 1.31 bits per heavy atom. The minimum Gasteiger partial charge on any atom is -0.310 e. The molecule has 0 bridgehead atoms. The molecule has 1 heterocycles. The number of hydrogen-bond donors (Lipinski definition) is 1. The number of hydrogen-bond acceptors (Lipinski definition) is 2. The number of halogens is 1. The van der Waals surface area contributed by atoms with Crippen LogP contribution < -0.4 is 5.32 Å². The molecule has 0 spiro atoms. The summed E-state index contributed by atoms with van der Waals surface area (Å²) in [6.07, 6.45) is 0. The second-order valence-electron chi connectivity index (χ2n) is 4.17. The fourth-order valence-corrected chi connectivity index (χ4v) is 2.02. The monoisotopic (exact) mass is 278 g/mol. The lowest BCUT2D eigenvalue weighted by atomic mass is 10.1. The van der Waals surface area contributed by atoms with E-state index in [-0.39, 0.29) is 0 Å². The molecule has 1 aromatic carbocycles. The van der Waals surface area contributed by atoms with Gasteiger partial charge in [-0.2, -0.15) is 0 Å². The standard InChI is InChI=1S/C13H15BrN2/c1-9(2)15-8-11-7-10-5-3-4-6-12(10)16-13(11)14/h3-7,9,15H,8H2,1-2H3. The molecule has 0 saturated carbocycles. The molecule has 1 aromatic heterocycles. The lowest BCUT2D eigenvalue weighted by Crippen LogP contribution is -2.22. The first-order valence-corrected chi connectivity index (χ1v) is 6.23. The van der Waals surface area contributed by atoms with E-state index in [4.69, 9.17) is 0 Å². The van der Waals surface area contributed by atoms with E-state index in [0.717, 1.165) is 16.7 Å². The third-order valence-corrected chi connectivity index (χ3v) is 3.14. The fraction of sp³-hybridized carbons (Fsp3) is 0.308. The van der Waals surface area contributed by atoms with E-state index in [2.05, 4.69) is 52.2 Å². The van der Waals surface area contributed by atoms with Crippen molar-refractivity contribution < 1.29 is 0 Å². The molecule has 16 heavy (non-hydrogen) atoms. The maximum Gasteiger partial charge on any atom is 0.111 e. The molecule has 0 atom stereocenters. The first-order chi connectivity index (χ1) is 7.66. The number of nitrogens with one attached hydrogen (secondary N) is 1. The van der Waals surface area contributed by atoms with Gasteiger partial charge in [-0.25, -0.2) is 4.98 Å². The maximum atomic E-state index is 4.53. The van der Waals surface area contributed by atoms with Crippen molar-refractivity contribution in [2.24, 2.45) is 0 Å². The molecule has 2 rings (SSSR count). The number of nitrogens with zero attached hydrogens (tertiary/aromatic N) is 1. The third-order valence-electron chi connectivity index (χ3n) is 2.45. The third kappa shape index (κ3) is 2.60. The van der Waals surface area contributed by atoms with Crippen LogP contribution in [0.4, 0.5) is 0 Å². The van der Waals surface area contributed by atoms with Crippen LogP contribution in [-0.2, 0) is 6.54 Å². The average molecular weight is 279 g/mol. The number of aromatic nitrogens is 1. The van der Waals surface area contributed by atoms with Crippen molar-refractivity contribution in [2.45, 2.75) is 26.4 Å². The summed E-state index contributed by atoms with van der Waals surface area (Å²) >= 11 is 3.52. The van der Waals surface area contributed by atoms with Crippen LogP contribution >= 0.6 is 15.9 Å². The molecule has 3 heteroatoms. The zero-order valence-corrected chi connectivity index (χ0v) is 11.1. The topological polar surface area (TPSA) is 24.9 Å². The Kier molecular flexibility index (Phi) is 3.56. The minimum absolute atomic E-state index is 0.485. The number of rotatable bonds is 3. The van der Waals surface area contributed by atoms with Gasteiger partial charge in [0.2, 0.25) is 0 Å².